The quantitative estimate of drug-likeness (QED) is 0.346. The van der Waals surface area contributed by atoms with E-state index in [1.807, 2.05) is 12.1 Å². The molecule has 0 atom stereocenters. The molecule has 0 spiro atoms. The zero-order chi connectivity index (χ0) is 16.5. The molecule has 4 aromatic carbocycles. The van der Waals surface area contributed by atoms with Gasteiger partial charge in [-0.2, -0.15) is 0 Å². The van der Waals surface area contributed by atoms with Gasteiger partial charge in [0.25, 0.3) is 0 Å². The Morgan fingerprint density at radius 1 is 0.667 bits per heavy atom. The summed E-state index contributed by atoms with van der Waals surface area (Å²) in [7, 11) is 0. The third-order valence-electron chi connectivity index (χ3n) is 4.62. The molecule has 0 fully saturated rings. The van der Waals surface area contributed by atoms with Crippen LogP contribution in [-0.2, 0) is 6.42 Å². The summed E-state index contributed by atoms with van der Waals surface area (Å²) in [4.78, 5) is 0. The van der Waals surface area contributed by atoms with Crippen molar-refractivity contribution in [1.82, 2.24) is 0 Å². The topological polar surface area (TPSA) is 0 Å². The van der Waals surface area contributed by atoms with Gasteiger partial charge in [0.05, 0.1) is 0 Å². The monoisotopic (exact) mass is 330 g/mol. The van der Waals surface area contributed by atoms with Crippen molar-refractivity contribution >= 4 is 33.1 Å². The Hall–Kier alpha value is -2.31. The lowest BCUT2D eigenvalue weighted by atomic mass is 9.96. The van der Waals surface area contributed by atoms with Gasteiger partial charge in [0.15, 0.2) is 0 Å². The summed E-state index contributed by atoms with van der Waals surface area (Å²) in [5, 5.41) is 6.02. The summed E-state index contributed by atoms with van der Waals surface area (Å²) in [6.07, 6.45) is 2.33. The SMILES string of the molecule is CCCc1ccc2c(ccc3cc(-c4ccc(Cl)cc4)ccc32)c1. The van der Waals surface area contributed by atoms with Crippen molar-refractivity contribution in [2.24, 2.45) is 0 Å². The van der Waals surface area contributed by atoms with E-state index in [1.165, 1.54) is 44.7 Å². The zero-order valence-corrected chi connectivity index (χ0v) is 14.5. The van der Waals surface area contributed by atoms with Crippen molar-refractivity contribution < 1.29 is 0 Å². The van der Waals surface area contributed by atoms with Crippen LogP contribution in [0, 0.1) is 0 Å². The van der Waals surface area contributed by atoms with Gasteiger partial charge in [-0.1, -0.05) is 79.5 Å². The maximum Gasteiger partial charge on any atom is 0.0406 e. The molecular formula is C23H19Cl. The van der Waals surface area contributed by atoms with E-state index in [0.29, 0.717) is 0 Å². The van der Waals surface area contributed by atoms with Crippen molar-refractivity contribution in [1.29, 1.82) is 0 Å². The van der Waals surface area contributed by atoms with Crippen LogP contribution in [0.1, 0.15) is 18.9 Å². The first kappa shape index (κ1) is 15.2. The number of halogens is 1. The molecule has 0 aromatic heterocycles. The minimum absolute atomic E-state index is 0.772. The van der Waals surface area contributed by atoms with E-state index >= 15 is 0 Å². The molecule has 4 rings (SSSR count). The fraction of sp³-hybridized carbons (Fsp3) is 0.130. The fourth-order valence-corrected chi connectivity index (χ4v) is 3.51. The smallest absolute Gasteiger partial charge is 0.0406 e. The molecule has 0 aliphatic rings. The van der Waals surface area contributed by atoms with Gasteiger partial charge >= 0.3 is 0 Å². The Morgan fingerprint density at radius 2 is 1.29 bits per heavy atom. The van der Waals surface area contributed by atoms with Crippen LogP contribution in [0.4, 0.5) is 0 Å². The number of hydrogen-bond donors (Lipinski definition) is 0. The van der Waals surface area contributed by atoms with Gasteiger partial charge in [-0.25, -0.2) is 0 Å². The Balaban J connectivity index is 1.84. The summed E-state index contributed by atoms with van der Waals surface area (Å²) in [6.45, 7) is 2.23. The van der Waals surface area contributed by atoms with Crippen LogP contribution in [0.25, 0.3) is 32.7 Å². The van der Waals surface area contributed by atoms with Crippen molar-refractivity contribution in [3.05, 3.63) is 83.4 Å². The molecule has 0 bridgehead atoms. The Bertz CT molecular complexity index is 1010. The van der Waals surface area contributed by atoms with Crippen LogP contribution in [0.3, 0.4) is 0 Å². The van der Waals surface area contributed by atoms with Crippen molar-refractivity contribution in [2.75, 3.05) is 0 Å². The minimum atomic E-state index is 0.772. The lowest BCUT2D eigenvalue weighted by Crippen LogP contribution is -1.85. The largest absolute Gasteiger partial charge is 0.0843 e. The molecule has 0 heterocycles. The fourth-order valence-electron chi connectivity index (χ4n) is 3.39. The van der Waals surface area contributed by atoms with E-state index in [0.717, 1.165) is 11.4 Å². The van der Waals surface area contributed by atoms with E-state index < -0.39 is 0 Å². The summed E-state index contributed by atoms with van der Waals surface area (Å²) in [6, 6.07) is 26.0. The second-order valence-corrected chi connectivity index (χ2v) is 6.75. The third-order valence-corrected chi connectivity index (χ3v) is 4.87. The molecule has 24 heavy (non-hydrogen) atoms. The second kappa shape index (κ2) is 6.30. The average molecular weight is 331 g/mol. The first-order chi connectivity index (χ1) is 11.7. The molecule has 0 aliphatic heterocycles. The van der Waals surface area contributed by atoms with Gasteiger partial charge in [0, 0.05) is 5.02 Å². The molecule has 0 aliphatic carbocycles. The Morgan fingerprint density at radius 3 is 2.00 bits per heavy atom. The van der Waals surface area contributed by atoms with Gasteiger partial charge in [0.1, 0.15) is 0 Å². The molecule has 0 radical (unpaired) electrons. The first-order valence-electron chi connectivity index (χ1n) is 8.46. The van der Waals surface area contributed by atoms with Crippen LogP contribution in [0.2, 0.25) is 5.02 Å². The molecule has 0 saturated carbocycles. The highest BCUT2D eigenvalue weighted by atomic mass is 35.5. The average Bonchev–Trinajstić information content (AvgIpc) is 2.62. The van der Waals surface area contributed by atoms with E-state index in [2.05, 4.69) is 67.6 Å². The van der Waals surface area contributed by atoms with E-state index in [4.69, 9.17) is 11.6 Å². The highest BCUT2D eigenvalue weighted by Gasteiger charge is 2.04. The molecule has 0 unspecified atom stereocenters. The maximum absolute atomic E-state index is 5.99. The minimum Gasteiger partial charge on any atom is -0.0843 e. The van der Waals surface area contributed by atoms with Crippen molar-refractivity contribution in [2.45, 2.75) is 19.8 Å². The van der Waals surface area contributed by atoms with Gasteiger partial charge in [-0.3, -0.25) is 0 Å². The van der Waals surface area contributed by atoms with Gasteiger partial charge < -0.3 is 0 Å². The molecular weight excluding hydrogens is 312 g/mol. The van der Waals surface area contributed by atoms with E-state index in [9.17, 15) is 0 Å². The third kappa shape index (κ3) is 2.79. The van der Waals surface area contributed by atoms with Gasteiger partial charge in [0.2, 0.25) is 0 Å². The van der Waals surface area contributed by atoms with Gasteiger partial charge in [-0.15, -0.1) is 0 Å². The second-order valence-electron chi connectivity index (χ2n) is 6.31. The number of aryl methyl sites for hydroxylation is 1. The maximum atomic E-state index is 5.99. The highest BCUT2D eigenvalue weighted by molar-refractivity contribution is 6.30. The summed E-state index contributed by atoms with van der Waals surface area (Å²) in [5.74, 6) is 0. The standard InChI is InChI=1S/C23H19Cl/c1-2-3-16-4-12-22-19(14-16)5-6-20-15-18(9-13-23(20)22)17-7-10-21(24)11-8-17/h4-15H,2-3H2,1H3. The van der Waals surface area contributed by atoms with E-state index in [-0.39, 0.29) is 0 Å². The van der Waals surface area contributed by atoms with Crippen LogP contribution < -0.4 is 0 Å². The summed E-state index contributed by atoms with van der Waals surface area (Å²) < 4.78 is 0. The first-order valence-corrected chi connectivity index (χ1v) is 8.84. The van der Waals surface area contributed by atoms with Crippen LogP contribution >= 0.6 is 11.6 Å². The summed E-state index contributed by atoms with van der Waals surface area (Å²) in [5.41, 5.74) is 3.84. The molecule has 0 N–H and O–H groups in total. The molecule has 4 aromatic rings. The number of fused-ring (bicyclic) bond motifs is 3. The van der Waals surface area contributed by atoms with Crippen molar-refractivity contribution in [3.63, 3.8) is 0 Å². The number of benzene rings is 4. The molecule has 0 amide bonds. The molecule has 0 saturated heterocycles. The normalized spacial score (nSPS) is 11.2. The van der Waals surface area contributed by atoms with E-state index in [1.54, 1.807) is 0 Å². The van der Waals surface area contributed by atoms with Gasteiger partial charge in [-0.05, 0) is 62.9 Å². The molecule has 118 valence electrons. The zero-order valence-electron chi connectivity index (χ0n) is 13.7. The predicted molar refractivity (Wildman–Crippen MR) is 106 cm³/mol. The lowest BCUT2D eigenvalue weighted by Gasteiger charge is -2.09. The lowest BCUT2D eigenvalue weighted by molar-refractivity contribution is 0.924. The number of hydrogen-bond acceptors (Lipinski definition) is 0. The van der Waals surface area contributed by atoms with Crippen LogP contribution in [-0.4, -0.2) is 0 Å². The van der Waals surface area contributed by atoms with Crippen LogP contribution in [0.15, 0.2) is 72.8 Å². The van der Waals surface area contributed by atoms with Crippen LogP contribution in [0.5, 0.6) is 0 Å². The summed E-state index contributed by atoms with van der Waals surface area (Å²) >= 11 is 5.99. The molecule has 0 nitrogen and oxygen atoms in total. The highest BCUT2D eigenvalue weighted by Crippen LogP contribution is 2.30. The molecule has 1 heteroatoms. The predicted octanol–water partition coefficient (Wildman–Crippen LogP) is 7.27. The number of rotatable bonds is 3. The Labute approximate surface area is 147 Å². The van der Waals surface area contributed by atoms with Crippen molar-refractivity contribution in [3.8, 4) is 11.1 Å². The Kier molecular flexibility index (Phi) is 4.00.